The predicted octanol–water partition coefficient (Wildman–Crippen LogP) is 2.27. The molecule has 6 nitrogen and oxygen atoms in total. The molecule has 2 aromatic heterocycles. The molecule has 8 heteroatoms. The first-order valence-electron chi connectivity index (χ1n) is 7.54. The molecule has 0 aliphatic carbocycles. The number of thiophene rings is 1. The minimum absolute atomic E-state index is 0.0907. The Balaban J connectivity index is 1.61. The Morgan fingerprint density at radius 2 is 2.13 bits per heavy atom. The molecule has 0 radical (unpaired) electrons. The van der Waals surface area contributed by atoms with E-state index in [0.29, 0.717) is 18.8 Å². The van der Waals surface area contributed by atoms with Gasteiger partial charge in [-0.25, -0.2) is 0 Å². The van der Waals surface area contributed by atoms with Crippen LogP contribution in [0, 0.1) is 0 Å². The second-order valence-electron chi connectivity index (χ2n) is 5.69. The molecule has 0 bridgehead atoms. The lowest BCUT2D eigenvalue weighted by atomic mass is 10.2. The van der Waals surface area contributed by atoms with Gasteiger partial charge in [0.2, 0.25) is 5.91 Å². The number of thioether (sulfide) groups is 1. The summed E-state index contributed by atoms with van der Waals surface area (Å²) in [5.74, 6) is 1.33. The van der Waals surface area contributed by atoms with Gasteiger partial charge in [-0.15, -0.1) is 21.5 Å². The van der Waals surface area contributed by atoms with Gasteiger partial charge in [-0.3, -0.25) is 4.79 Å². The number of carbonyl (C=O) groups is 1. The summed E-state index contributed by atoms with van der Waals surface area (Å²) in [6.07, 6.45) is 0.181. The van der Waals surface area contributed by atoms with E-state index < -0.39 is 0 Å². The van der Waals surface area contributed by atoms with Crippen LogP contribution < -0.4 is 0 Å². The molecule has 1 aliphatic rings. The van der Waals surface area contributed by atoms with Gasteiger partial charge in [-0.1, -0.05) is 17.8 Å². The quantitative estimate of drug-likeness (QED) is 0.790. The Morgan fingerprint density at radius 1 is 1.39 bits per heavy atom. The zero-order chi connectivity index (χ0) is 16.4. The van der Waals surface area contributed by atoms with E-state index in [9.17, 15) is 4.79 Å². The average Bonchev–Trinajstić information content (AvgIpc) is 3.13. The van der Waals surface area contributed by atoms with Crippen LogP contribution in [0.5, 0.6) is 0 Å². The van der Waals surface area contributed by atoms with Crippen LogP contribution in [-0.2, 0) is 16.6 Å². The van der Waals surface area contributed by atoms with E-state index in [2.05, 4.69) is 10.2 Å². The zero-order valence-electron chi connectivity index (χ0n) is 13.4. The monoisotopic (exact) mass is 352 g/mol. The number of rotatable bonds is 4. The fraction of sp³-hybridized carbons (Fsp3) is 0.533. The highest BCUT2D eigenvalue weighted by atomic mass is 32.2. The topological polar surface area (TPSA) is 60.2 Å². The molecule has 0 saturated carbocycles. The van der Waals surface area contributed by atoms with Crippen molar-refractivity contribution in [2.75, 3.05) is 18.8 Å². The van der Waals surface area contributed by atoms with Gasteiger partial charge in [0.1, 0.15) is 0 Å². The lowest BCUT2D eigenvalue weighted by molar-refractivity contribution is -0.140. The molecule has 2 aromatic rings. The van der Waals surface area contributed by atoms with Gasteiger partial charge in [0.25, 0.3) is 0 Å². The predicted molar refractivity (Wildman–Crippen MR) is 91.6 cm³/mol. The number of carbonyl (C=O) groups excluding carboxylic acids is 1. The van der Waals surface area contributed by atoms with Gasteiger partial charge >= 0.3 is 0 Å². The van der Waals surface area contributed by atoms with Crippen LogP contribution in [0.3, 0.4) is 0 Å². The van der Waals surface area contributed by atoms with Crippen molar-refractivity contribution in [3.05, 3.63) is 17.5 Å². The molecular weight excluding hydrogens is 332 g/mol. The lowest BCUT2D eigenvalue weighted by Gasteiger charge is -2.35. The van der Waals surface area contributed by atoms with Gasteiger partial charge in [-0.2, -0.15) is 0 Å². The lowest BCUT2D eigenvalue weighted by Crippen LogP contribution is -2.48. The molecule has 23 heavy (non-hydrogen) atoms. The average molecular weight is 352 g/mol. The summed E-state index contributed by atoms with van der Waals surface area (Å²) < 4.78 is 7.61. The van der Waals surface area contributed by atoms with E-state index in [1.807, 2.05) is 47.9 Å². The molecule has 2 atom stereocenters. The Morgan fingerprint density at radius 3 is 2.78 bits per heavy atom. The first-order valence-corrected chi connectivity index (χ1v) is 9.40. The van der Waals surface area contributed by atoms with Crippen LogP contribution >= 0.6 is 23.1 Å². The van der Waals surface area contributed by atoms with Crippen LogP contribution in [0.15, 0.2) is 22.7 Å². The number of morpholine rings is 1. The molecule has 124 valence electrons. The number of hydrogen-bond acceptors (Lipinski definition) is 6. The van der Waals surface area contributed by atoms with Gasteiger partial charge in [-0.05, 0) is 25.3 Å². The first-order chi connectivity index (χ1) is 11.0. The third kappa shape index (κ3) is 3.76. The van der Waals surface area contributed by atoms with Crippen LogP contribution in [0.2, 0.25) is 0 Å². The van der Waals surface area contributed by atoms with Crippen molar-refractivity contribution in [1.29, 1.82) is 0 Å². The maximum atomic E-state index is 12.4. The number of amides is 1. The highest BCUT2D eigenvalue weighted by Gasteiger charge is 2.26. The summed E-state index contributed by atoms with van der Waals surface area (Å²) in [6, 6.07) is 4.01. The summed E-state index contributed by atoms with van der Waals surface area (Å²) in [5, 5.41) is 11.2. The van der Waals surface area contributed by atoms with Crippen molar-refractivity contribution in [3.8, 4) is 10.7 Å². The molecule has 3 heterocycles. The molecule has 0 N–H and O–H groups in total. The number of hydrogen-bond donors (Lipinski definition) is 0. The smallest absolute Gasteiger partial charge is 0.233 e. The molecule has 0 spiro atoms. The van der Waals surface area contributed by atoms with E-state index in [1.54, 1.807) is 11.3 Å². The zero-order valence-corrected chi connectivity index (χ0v) is 15.1. The molecule has 1 saturated heterocycles. The summed E-state index contributed by atoms with van der Waals surface area (Å²) in [4.78, 5) is 15.4. The second kappa shape index (κ2) is 7.02. The van der Waals surface area contributed by atoms with E-state index >= 15 is 0 Å². The first kappa shape index (κ1) is 16.5. The van der Waals surface area contributed by atoms with Crippen molar-refractivity contribution in [2.45, 2.75) is 31.2 Å². The Bertz CT molecular complexity index is 661. The molecule has 0 aromatic carbocycles. The van der Waals surface area contributed by atoms with Gasteiger partial charge in [0, 0.05) is 20.1 Å². The summed E-state index contributed by atoms with van der Waals surface area (Å²) >= 11 is 3.06. The van der Waals surface area contributed by atoms with E-state index in [-0.39, 0.29) is 18.1 Å². The fourth-order valence-electron chi connectivity index (χ4n) is 2.66. The maximum absolute atomic E-state index is 12.4. The number of ether oxygens (including phenoxy) is 1. The molecule has 2 unspecified atom stereocenters. The molecule has 1 aliphatic heterocycles. The van der Waals surface area contributed by atoms with Gasteiger partial charge in [0.15, 0.2) is 11.0 Å². The van der Waals surface area contributed by atoms with Gasteiger partial charge < -0.3 is 14.2 Å². The number of nitrogens with zero attached hydrogens (tertiary/aromatic N) is 4. The molecule has 3 rings (SSSR count). The molecular formula is C15H20N4O2S2. The third-order valence-electron chi connectivity index (χ3n) is 3.67. The minimum atomic E-state index is 0.0907. The Kier molecular flexibility index (Phi) is 5.03. The standard InChI is InChI=1S/C15H20N4O2S2/c1-10-7-19(8-11(2)21-10)13(20)9-23-15-17-16-14(18(15)3)12-5-4-6-22-12/h4-6,10-11H,7-9H2,1-3H3. The SMILES string of the molecule is CC1CN(C(=O)CSc2nnc(-c3cccs3)n2C)CC(C)O1. The van der Waals surface area contributed by atoms with Crippen molar-refractivity contribution < 1.29 is 9.53 Å². The second-order valence-corrected chi connectivity index (χ2v) is 7.58. The summed E-state index contributed by atoms with van der Waals surface area (Å²) in [6.45, 7) is 5.31. The Hall–Kier alpha value is -1.38. The van der Waals surface area contributed by atoms with E-state index in [4.69, 9.17) is 4.74 Å². The van der Waals surface area contributed by atoms with Crippen LogP contribution in [0.25, 0.3) is 10.7 Å². The highest BCUT2D eigenvalue weighted by molar-refractivity contribution is 7.99. The Labute approximate surface area is 143 Å². The van der Waals surface area contributed by atoms with E-state index in [0.717, 1.165) is 15.9 Å². The van der Waals surface area contributed by atoms with Crippen molar-refractivity contribution in [2.24, 2.45) is 7.05 Å². The summed E-state index contributed by atoms with van der Waals surface area (Å²) in [5.41, 5.74) is 0. The summed E-state index contributed by atoms with van der Waals surface area (Å²) in [7, 11) is 1.93. The molecule has 1 fully saturated rings. The van der Waals surface area contributed by atoms with Crippen LogP contribution in [0.4, 0.5) is 0 Å². The van der Waals surface area contributed by atoms with Crippen molar-refractivity contribution in [3.63, 3.8) is 0 Å². The van der Waals surface area contributed by atoms with E-state index in [1.165, 1.54) is 11.8 Å². The highest BCUT2D eigenvalue weighted by Crippen LogP contribution is 2.26. The third-order valence-corrected chi connectivity index (χ3v) is 5.54. The van der Waals surface area contributed by atoms with Crippen molar-refractivity contribution in [1.82, 2.24) is 19.7 Å². The minimum Gasteiger partial charge on any atom is -0.372 e. The fourth-order valence-corrected chi connectivity index (χ4v) is 4.22. The molecule has 1 amide bonds. The van der Waals surface area contributed by atoms with Crippen molar-refractivity contribution >= 4 is 29.0 Å². The van der Waals surface area contributed by atoms with Gasteiger partial charge in [0.05, 0.1) is 22.8 Å². The maximum Gasteiger partial charge on any atom is 0.233 e. The number of aromatic nitrogens is 3. The van der Waals surface area contributed by atoms with Crippen LogP contribution in [-0.4, -0.2) is 56.6 Å². The largest absolute Gasteiger partial charge is 0.372 e. The van der Waals surface area contributed by atoms with Crippen LogP contribution in [0.1, 0.15) is 13.8 Å². The normalized spacial score (nSPS) is 21.6.